The van der Waals surface area contributed by atoms with E-state index in [9.17, 15) is 9.59 Å². The summed E-state index contributed by atoms with van der Waals surface area (Å²) in [6.45, 7) is 7.29. The van der Waals surface area contributed by atoms with Crippen LogP contribution in [-0.2, 0) is 14.3 Å². The fourth-order valence-corrected chi connectivity index (χ4v) is 3.33. The topological polar surface area (TPSA) is 58.6 Å². The Bertz CT molecular complexity index is 364. The summed E-state index contributed by atoms with van der Waals surface area (Å²) in [4.78, 5) is 26.6. The van der Waals surface area contributed by atoms with Crippen molar-refractivity contribution < 1.29 is 14.3 Å². The van der Waals surface area contributed by atoms with Crippen LogP contribution in [0.3, 0.4) is 0 Å². The van der Waals surface area contributed by atoms with Crippen LogP contribution in [0.25, 0.3) is 0 Å². The van der Waals surface area contributed by atoms with E-state index in [-0.39, 0.29) is 23.2 Å². The lowest BCUT2D eigenvalue weighted by molar-refractivity contribution is -0.153. The van der Waals surface area contributed by atoms with Gasteiger partial charge in [-0.15, -0.1) is 0 Å². The number of carbonyl (C=O) groups is 2. The molecule has 2 aliphatic heterocycles. The first kappa shape index (κ1) is 15.3. The molecule has 2 heterocycles. The Hall–Kier alpha value is -1.10. The standard InChI is InChI=1S/C15H26N2O3/c1-3-15(7-8-16-11-15)14(19)17-9-5-6-12(10-17)13(18)20-4-2/h12,16H,3-11H2,1-2H3. The molecule has 2 rings (SSSR count). The van der Waals surface area contributed by atoms with E-state index in [0.717, 1.165) is 45.3 Å². The summed E-state index contributed by atoms with van der Waals surface area (Å²) in [5.74, 6) is -0.0741. The molecule has 2 atom stereocenters. The number of amides is 1. The first-order valence-corrected chi connectivity index (χ1v) is 7.79. The molecule has 0 spiro atoms. The lowest BCUT2D eigenvalue weighted by Gasteiger charge is -2.37. The second kappa shape index (κ2) is 6.57. The van der Waals surface area contributed by atoms with Crippen molar-refractivity contribution in [2.75, 3.05) is 32.8 Å². The highest BCUT2D eigenvalue weighted by Crippen LogP contribution is 2.33. The Balaban J connectivity index is 2.01. The van der Waals surface area contributed by atoms with Crippen molar-refractivity contribution >= 4 is 11.9 Å². The maximum absolute atomic E-state index is 12.8. The van der Waals surface area contributed by atoms with E-state index in [0.29, 0.717) is 13.2 Å². The summed E-state index contributed by atoms with van der Waals surface area (Å²) < 4.78 is 5.10. The van der Waals surface area contributed by atoms with Crippen molar-refractivity contribution in [1.82, 2.24) is 10.2 Å². The second-order valence-corrected chi connectivity index (χ2v) is 5.90. The van der Waals surface area contributed by atoms with Crippen LogP contribution in [0.2, 0.25) is 0 Å². The molecule has 1 amide bonds. The molecule has 0 aliphatic carbocycles. The molecule has 2 unspecified atom stereocenters. The third-order valence-corrected chi connectivity index (χ3v) is 4.70. The number of hydrogen-bond donors (Lipinski definition) is 1. The number of hydrogen-bond acceptors (Lipinski definition) is 4. The average molecular weight is 282 g/mol. The van der Waals surface area contributed by atoms with Crippen LogP contribution in [0, 0.1) is 11.3 Å². The Morgan fingerprint density at radius 3 is 2.80 bits per heavy atom. The molecule has 0 bridgehead atoms. The molecule has 0 radical (unpaired) electrons. The molecule has 0 saturated carbocycles. The van der Waals surface area contributed by atoms with Gasteiger partial charge in [0.25, 0.3) is 0 Å². The molecule has 5 heteroatoms. The largest absolute Gasteiger partial charge is 0.466 e. The monoisotopic (exact) mass is 282 g/mol. The summed E-state index contributed by atoms with van der Waals surface area (Å²) in [6, 6.07) is 0. The highest BCUT2D eigenvalue weighted by Gasteiger charge is 2.43. The second-order valence-electron chi connectivity index (χ2n) is 5.90. The molecule has 114 valence electrons. The molecule has 2 saturated heterocycles. The zero-order chi connectivity index (χ0) is 14.6. The number of esters is 1. The predicted octanol–water partition coefficient (Wildman–Crippen LogP) is 1.18. The summed E-state index contributed by atoms with van der Waals surface area (Å²) in [7, 11) is 0. The SMILES string of the molecule is CCOC(=O)C1CCCN(C(=O)C2(CC)CCNC2)C1. The van der Waals surface area contributed by atoms with Gasteiger partial charge < -0.3 is 15.0 Å². The summed E-state index contributed by atoms with van der Waals surface area (Å²) in [5.41, 5.74) is -0.253. The molecule has 2 fully saturated rings. The fourth-order valence-electron chi connectivity index (χ4n) is 3.33. The minimum atomic E-state index is -0.253. The van der Waals surface area contributed by atoms with E-state index in [4.69, 9.17) is 4.74 Å². The Morgan fingerprint density at radius 1 is 1.40 bits per heavy atom. The number of nitrogens with zero attached hydrogens (tertiary/aromatic N) is 1. The van der Waals surface area contributed by atoms with Gasteiger partial charge in [0.1, 0.15) is 0 Å². The van der Waals surface area contributed by atoms with E-state index < -0.39 is 0 Å². The number of rotatable bonds is 4. The fraction of sp³-hybridized carbons (Fsp3) is 0.867. The molecule has 5 nitrogen and oxygen atoms in total. The Labute approximate surface area is 121 Å². The van der Waals surface area contributed by atoms with Gasteiger partial charge in [0.15, 0.2) is 0 Å². The highest BCUT2D eigenvalue weighted by atomic mass is 16.5. The maximum atomic E-state index is 12.8. The summed E-state index contributed by atoms with van der Waals surface area (Å²) in [5, 5.41) is 3.30. The zero-order valence-electron chi connectivity index (χ0n) is 12.6. The highest BCUT2D eigenvalue weighted by molar-refractivity contribution is 5.84. The molecule has 1 N–H and O–H groups in total. The van der Waals surface area contributed by atoms with Crippen LogP contribution in [0.1, 0.15) is 39.5 Å². The van der Waals surface area contributed by atoms with Gasteiger partial charge in [0.2, 0.25) is 5.91 Å². The van der Waals surface area contributed by atoms with Crippen LogP contribution in [0.4, 0.5) is 0 Å². The molecule has 0 aromatic carbocycles. The van der Waals surface area contributed by atoms with Crippen LogP contribution in [0.5, 0.6) is 0 Å². The van der Waals surface area contributed by atoms with Gasteiger partial charge in [-0.3, -0.25) is 9.59 Å². The zero-order valence-corrected chi connectivity index (χ0v) is 12.6. The lowest BCUT2D eigenvalue weighted by Crippen LogP contribution is -2.50. The molecule has 0 aromatic heterocycles. The van der Waals surface area contributed by atoms with Gasteiger partial charge in [-0.05, 0) is 39.2 Å². The third-order valence-electron chi connectivity index (χ3n) is 4.70. The summed E-state index contributed by atoms with van der Waals surface area (Å²) >= 11 is 0. The van der Waals surface area contributed by atoms with Crippen molar-refractivity contribution in [1.29, 1.82) is 0 Å². The van der Waals surface area contributed by atoms with Crippen molar-refractivity contribution in [3.63, 3.8) is 0 Å². The molecule has 2 aliphatic rings. The summed E-state index contributed by atoms with van der Waals surface area (Å²) in [6.07, 6.45) is 3.49. The molecule has 0 aromatic rings. The van der Waals surface area contributed by atoms with Gasteiger partial charge in [0.05, 0.1) is 17.9 Å². The minimum Gasteiger partial charge on any atom is -0.466 e. The van der Waals surface area contributed by atoms with Gasteiger partial charge in [-0.1, -0.05) is 6.92 Å². The molecular formula is C15H26N2O3. The van der Waals surface area contributed by atoms with E-state index in [1.807, 2.05) is 11.8 Å². The minimum absolute atomic E-state index is 0.143. The van der Waals surface area contributed by atoms with Crippen LogP contribution < -0.4 is 5.32 Å². The Kier molecular flexibility index (Phi) is 5.02. The lowest BCUT2D eigenvalue weighted by atomic mass is 9.82. The first-order chi connectivity index (χ1) is 9.63. The van der Waals surface area contributed by atoms with Gasteiger partial charge in [0, 0.05) is 19.6 Å². The smallest absolute Gasteiger partial charge is 0.310 e. The van der Waals surface area contributed by atoms with E-state index in [2.05, 4.69) is 12.2 Å². The van der Waals surface area contributed by atoms with Crippen molar-refractivity contribution in [3.05, 3.63) is 0 Å². The average Bonchev–Trinajstić information content (AvgIpc) is 2.97. The van der Waals surface area contributed by atoms with E-state index in [1.165, 1.54) is 0 Å². The van der Waals surface area contributed by atoms with E-state index in [1.54, 1.807) is 0 Å². The normalized spacial score (nSPS) is 30.3. The number of carbonyl (C=O) groups excluding carboxylic acids is 2. The maximum Gasteiger partial charge on any atom is 0.310 e. The van der Waals surface area contributed by atoms with Crippen LogP contribution in [0.15, 0.2) is 0 Å². The van der Waals surface area contributed by atoms with Gasteiger partial charge in [-0.2, -0.15) is 0 Å². The number of likely N-dealkylation sites (tertiary alicyclic amines) is 1. The van der Waals surface area contributed by atoms with Gasteiger partial charge >= 0.3 is 5.97 Å². The molecule has 20 heavy (non-hydrogen) atoms. The van der Waals surface area contributed by atoms with Crippen LogP contribution >= 0.6 is 0 Å². The van der Waals surface area contributed by atoms with Crippen molar-refractivity contribution in [2.45, 2.75) is 39.5 Å². The first-order valence-electron chi connectivity index (χ1n) is 7.79. The molecular weight excluding hydrogens is 256 g/mol. The quantitative estimate of drug-likeness (QED) is 0.787. The van der Waals surface area contributed by atoms with Crippen molar-refractivity contribution in [3.8, 4) is 0 Å². The third kappa shape index (κ3) is 2.97. The van der Waals surface area contributed by atoms with Crippen LogP contribution in [-0.4, -0.2) is 49.6 Å². The predicted molar refractivity (Wildman–Crippen MR) is 76.1 cm³/mol. The van der Waals surface area contributed by atoms with Gasteiger partial charge in [-0.25, -0.2) is 0 Å². The Morgan fingerprint density at radius 2 is 2.20 bits per heavy atom. The number of piperidine rings is 1. The van der Waals surface area contributed by atoms with Crippen molar-refractivity contribution in [2.24, 2.45) is 11.3 Å². The number of ether oxygens (including phenoxy) is 1. The van der Waals surface area contributed by atoms with E-state index >= 15 is 0 Å². The number of nitrogens with one attached hydrogen (secondary N) is 1.